The molecule has 16 heavy (non-hydrogen) atoms. The molecule has 0 saturated carbocycles. The number of benzene rings is 1. The molecule has 0 bridgehead atoms. The Bertz CT molecular complexity index is 354. The molecule has 0 amide bonds. The first-order valence-electron chi connectivity index (χ1n) is 6.54. The second-order valence-electron chi connectivity index (χ2n) is 5.48. The van der Waals surface area contributed by atoms with Crippen molar-refractivity contribution in [3.63, 3.8) is 0 Å². The first-order chi connectivity index (χ1) is 7.66. The fourth-order valence-corrected chi connectivity index (χ4v) is 2.65. The molecule has 0 saturated heterocycles. The third-order valence-electron chi connectivity index (χ3n) is 3.46. The average molecular weight is 217 g/mol. The fraction of sp³-hybridized carbons (Fsp3) is 0.600. The van der Waals surface area contributed by atoms with Crippen LogP contribution in [0.2, 0.25) is 0 Å². The summed E-state index contributed by atoms with van der Waals surface area (Å²) in [5, 5.41) is 0. The Morgan fingerprint density at radius 1 is 1.31 bits per heavy atom. The minimum Gasteiger partial charge on any atom is -0.324 e. The molecular formula is C15H23N. The van der Waals surface area contributed by atoms with Crippen LogP contribution in [0.1, 0.15) is 55.8 Å². The number of nitrogens with two attached hydrogens (primary N) is 1. The molecule has 1 aliphatic carbocycles. The Balaban J connectivity index is 2.28. The van der Waals surface area contributed by atoms with E-state index in [1.54, 1.807) is 0 Å². The topological polar surface area (TPSA) is 26.0 Å². The van der Waals surface area contributed by atoms with Crippen molar-refractivity contribution < 1.29 is 0 Å². The summed E-state index contributed by atoms with van der Waals surface area (Å²) in [5.74, 6) is 0.722. The van der Waals surface area contributed by atoms with Crippen molar-refractivity contribution in [2.24, 2.45) is 11.7 Å². The summed E-state index contributed by atoms with van der Waals surface area (Å²) in [4.78, 5) is 0. The van der Waals surface area contributed by atoms with Gasteiger partial charge in [-0.05, 0) is 48.3 Å². The fourth-order valence-electron chi connectivity index (χ4n) is 2.65. The van der Waals surface area contributed by atoms with Crippen LogP contribution in [0.25, 0.3) is 0 Å². The minimum absolute atomic E-state index is 0.268. The summed E-state index contributed by atoms with van der Waals surface area (Å²) in [5.41, 5.74) is 10.6. The zero-order valence-corrected chi connectivity index (χ0v) is 10.5. The molecule has 1 heteroatoms. The van der Waals surface area contributed by atoms with Crippen molar-refractivity contribution in [3.8, 4) is 0 Å². The maximum Gasteiger partial charge on any atom is 0.0297 e. The van der Waals surface area contributed by atoms with Gasteiger partial charge in [-0.1, -0.05) is 38.5 Å². The van der Waals surface area contributed by atoms with E-state index in [-0.39, 0.29) is 6.04 Å². The van der Waals surface area contributed by atoms with E-state index >= 15 is 0 Å². The lowest BCUT2D eigenvalue weighted by Gasteiger charge is -2.15. The van der Waals surface area contributed by atoms with Crippen LogP contribution in [0.4, 0.5) is 0 Å². The number of hydrogen-bond acceptors (Lipinski definition) is 1. The normalized spacial score (nSPS) is 20.6. The largest absolute Gasteiger partial charge is 0.324 e. The van der Waals surface area contributed by atoms with Gasteiger partial charge in [0.2, 0.25) is 0 Å². The summed E-state index contributed by atoms with van der Waals surface area (Å²) < 4.78 is 0. The van der Waals surface area contributed by atoms with Gasteiger partial charge in [0.05, 0.1) is 0 Å². The molecule has 0 spiro atoms. The average Bonchev–Trinajstić information content (AvgIpc) is 2.41. The molecule has 1 aromatic rings. The molecule has 0 heterocycles. The predicted octanol–water partition coefficient (Wildman–Crippen LogP) is 3.61. The highest BCUT2D eigenvalue weighted by Gasteiger charge is 2.15. The van der Waals surface area contributed by atoms with Gasteiger partial charge >= 0.3 is 0 Å². The van der Waals surface area contributed by atoms with E-state index in [9.17, 15) is 0 Å². The standard InChI is InChI=1S/C15H23N/c1-11(2)9-12-7-8-13-5-3-4-6-15(16)14(13)10-12/h7-8,10-11,15H,3-6,9,16H2,1-2H3. The molecule has 2 rings (SSSR count). The molecule has 88 valence electrons. The first-order valence-corrected chi connectivity index (χ1v) is 6.54. The Hall–Kier alpha value is -0.820. The van der Waals surface area contributed by atoms with E-state index in [1.807, 2.05) is 0 Å². The third-order valence-corrected chi connectivity index (χ3v) is 3.46. The van der Waals surface area contributed by atoms with Gasteiger partial charge < -0.3 is 5.73 Å². The monoisotopic (exact) mass is 217 g/mol. The molecule has 1 unspecified atom stereocenters. The van der Waals surface area contributed by atoms with Crippen LogP contribution in [-0.4, -0.2) is 0 Å². The van der Waals surface area contributed by atoms with Gasteiger partial charge in [-0.2, -0.15) is 0 Å². The lowest BCUT2D eigenvalue weighted by Crippen LogP contribution is -2.11. The van der Waals surface area contributed by atoms with Crippen LogP contribution in [0.5, 0.6) is 0 Å². The van der Waals surface area contributed by atoms with Crippen LogP contribution in [0.3, 0.4) is 0 Å². The molecule has 0 aromatic heterocycles. The van der Waals surface area contributed by atoms with E-state index in [1.165, 1.54) is 42.4 Å². The molecule has 1 aliphatic rings. The Labute approximate surface area is 99.0 Å². The van der Waals surface area contributed by atoms with Crippen LogP contribution in [-0.2, 0) is 12.8 Å². The summed E-state index contributed by atoms with van der Waals surface area (Å²) in [7, 11) is 0. The third kappa shape index (κ3) is 2.65. The van der Waals surface area contributed by atoms with Gasteiger partial charge in [0, 0.05) is 6.04 Å². The minimum atomic E-state index is 0.268. The smallest absolute Gasteiger partial charge is 0.0297 e. The number of rotatable bonds is 2. The van der Waals surface area contributed by atoms with Crippen LogP contribution in [0, 0.1) is 5.92 Å². The van der Waals surface area contributed by atoms with Gasteiger partial charge in [-0.3, -0.25) is 0 Å². The van der Waals surface area contributed by atoms with Crippen LogP contribution >= 0.6 is 0 Å². The van der Waals surface area contributed by atoms with Crippen molar-refractivity contribution >= 4 is 0 Å². The predicted molar refractivity (Wildman–Crippen MR) is 69.5 cm³/mol. The highest BCUT2D eigenvalue weighted by molar-refractivity contribution is 5.35. The molecular weight excluding hydrogens is 194 g/mol. The van der Waals surface area contributed by atoms with E-state index < -0.39 is 0 Å². The maximum absolute atomic E-state index is 6.25. The summed E-state index contributed by atoms with van der Waals surface area (Å²) in [6, 6.07) is 7.21. The first kappa shape index (κ1) is 11.7. The Morgan fingerprint density at radius 3 is 2.88 bits per heavy atom. The summed E-state index contributed by atoms with van der Waals surface area (Å²) in [6.07, 6.45) is 6.10. The summed E-state index contributed by atoms with van der Waals surface area (Å²) >= 11 is 0. The molecule has 0 fully saturated rings. The second kappa shape index (κ2) is 5.01. The molecule has 1 atom stereocenters. The second-order valence-corrected chi connectivity index (χ2v) is 5.48. The highest BCUT2D eigenvalue weighted by atomic mass is 14.6. The number of aryl methyl sites for hydroxylation is 1. The quantitative estimate of drug-likeness (QED) is 0.752. The highest BCUT2D eigenvalue weighted by Crippen LogP contribution is 2.28. The van der Waals surface area contributed by atoms with Gasteiger partial charge in [0.15, 0.2) is 0 Å². The van der Waals surface area contributed by atoms with E-state index in [0.29, 0.717) is 0 Å². The van der Waals surface area contributed by atoms with Gasteiger partial charge in [-0.15, -0.1) is 0 Å². The van der Waals surface area contributed by atoms with Crippen molar-refractivity contribution in [2.75, 3.05) is 0 Å². The molecule has 1 nitrogen and oxygen atoms in total. The van der Waals surface area contributed by atoms with E-state index in [2.05, 4.69) is 32.0 Å². The zero-order valence-electron chi connectivity index (χ0n) is 10.5. The maximum atomic E-state index is 6.25. The van der Waals surface area contributed by atoms with E-state index in [0.717, 1.165) is 12.3 Å². The SMILES string of the molecule is CC(C)Cc1ccc2c(c1)C(N)CCCC2. The van der Waals surface area contributed by atoms with Crippen molar-refractivity contribution in [2.45, 2.75) is 52.0 Å². The Kier molecular flexibility index (Phi) is 3.65. The number of hydrogen-bond donors (Lipinski definition) is 1. The summed E-state index contributed by atoms with van der Waals surface area (Å²) in [6.45, 7) is 4.54. The van der Waals surface area contributed by atoms with Crippen molar-refractivity contribution in [3.05, 3.63) is 34.9 Å². The van der Waals surface area contributed by atoms with Gasteiger partial charge in [-0.25, -0.2) is 0 Å². The molecule has 0 radical (unpaired) electrons. The lowest BCUT2D eigenvalue weighted by molar-refractivity contribution is 0.612. The van der Waals surface area contributed by atoms with Crippen LogP contribution < -0.4 is 5.73 Å². The molecule has 1 aromatic carbocycles. The molecule has 0 aliphatic heterocycles. The van der Waals surface area contributed by atoms with Gasteiger partial charge in [0.25, 0.3) is 0 Å². The van der Waals surface area contributed by atoms with Crippen molar-refractivity contribution in [1.29, 1.82) is 0 Å². The van der Waals surface area contributed by atoms with Crippen molar-refractivity contribution in [1.82, 2.24) is 0 Å². The van der Waals surface area contributed by atoms with Crippen LogP contribution in [0.15, 0.2) is 18.2 Å². The lowest BCUT2D eigenvalue weighted by atomic mass is 9.94. The van der Waals surface area contributed by atoms with Gasteiger partial charge in [0.1, 0.15) is 0 Å². The Morgan fingerprint density at radius 2 is 2.12 bits per heavy atom. The zero-order chi connectivity index (χ0) is 11.5. The molecule has 2 N–H and O–H groups in total. The van der Waals surface area contributed by atoms with E-state index in [4.69, 9.17) is 5.73 Å². The number of fused-ring (bicyclic) bond motifs is 1.